The number of hydrogen-bond donors (Lipinski definition) is 1. The third kappa shape index (κ3) is 3.74. The molecule has 1 rings (SSSR count). The minimum atomic E-state index is 0.0134. The highest BCUT2D eigenvalue weighted by Gasteiger charge is 2.09. The Morgan fingerprint density at radius 1 is 1.31 bits per heavy atom. The largest absolute Gasteiger partial charge is 0.488 e. The van der Waals surface area contributed by atoms with Crippen molar-refractivity contribution in [3.05, 3.63) is 22.2 Å². The van der Waals surface area contributed by atoms with Gasteiger partial charge in [-0.3, -0.25) is 0 Å². The molecule has 0 amide bonds. The SMILES string of the molecule is COCCC(C)Oc1cc(Cl)c(Cl)cc1N. The molecule has 0 heterocycles. The molecule has 1 aromatic rings. The van der Waals surface area contributed by atoms with Gasteiger partial charge in [0.05, 0.1) is 21.8 Å². The van der Waals surface area contributed by atoms with E-state index >= 15 is 0 Å². The van der Waals surface area contributed by atoms with E-state index in [1.54, 1.807) is 19.2 Å². The standard InChI is InChI=1S/C11H15Cl2NO2/c1-7(3-4-15-2)16-11-6-9(13)8(12)5-10(11)14/h5-7H,3-4,14H2,1-2H3. The third-order valence-corrected chi connectivity index (χ3v) is 2.83. The topological polar surface area (TPSA) is 44.5 Å². The molecule has 0 aromatic heterocycles. The Kier molecular flexibility index (Phi) is 5.19. The van der Waals surface area contributed by atoms with Crippen molar-refractivity contribution in [1.29, 1.82) is 0 Å². The second-order valence-corrected chi connectivity index (χ2v) is 4.33. The molecule has 0 fully saturated rings. The molecule has 0 saturated heterocycles. The minimum absolute atomic E-state index is 0.0134. The maximum atomic E-state index is 5.88. The van der Waals surface area contributed by atoms with Crippen LogP contribution in [0.3, 0.4) is 0 Å². The van der Waals surface area contributed by atoms with Crippen molar-refractivity contribution in [3.63, 3.8) is 0 Å². The van der Waals surface area contributed by atoms with E-state index < -0.39 is 0 Å². The average molecular weight is 264 g/mol. The first-order chi connectivity index (χ1) is 7.54. The van der Waals surface area contributed by atoms with Crippen LogP contribution in [-0.4, -0.2) is 19.8 Å². The normalized spacial score (nSPS) is 12.5. The summed E-state index contributed by atoms with van der Waals surface area (Å²) in [6.45, 7) is 2.59. The maximum Gasteiger partial charge on any atom is 0.144 e. The van der Waals surface area contributed by atoms with Gasteiger partial charge in [-0.05, 0) is 13.0 Å². The van der Waals surface area contributed by atoms with Crippen molar-refractivity contribution < 1.29 is 9.47 Å². The zero-order valence-corrected chi connectivity index (χ0v) is 10.8. The lowest BCUT2D eigenvalue weighted by molar-refractivity contribution is 0.135. The molecule has 0 aliphatic carbocycles. The second kappa shape index (κ2) is 6.18. The zero-order valence-electron chi connectivity index (χ0n) is 9.30. The molecule has 5 heteroatoms. The molecule has 2 N–H and O–H groups in total. The summed E-state index contributed by atoms with van der Waals surface area (Å²) in [6.07, 6.45) is 0.801. The lowest BCUT2D eigenvalue weighted by Gasteiger charge is -2.16. The van der Waals surface area contributed by atoms with Gasteiger partial charge in [0.2, 0.25) is 0 Å². The van der Waals surface area contributed by atoms with Crippen molar-refractivity contribution in [3.8, 4) is 5.75 Å². The van der Waals surface area contributed by atoms with Gasteiger partial charge < -0.3 is 15.2 Å². The van der Waals surface area contributed by atoms with Crippen LogP contribution in [-0.2, 0) is 4.74 Å². The number of anilines is 1. The quantitative estimate of drug-likeness (QED) is 0.829. The Labute approximate surface area is 105 Å². The lowest BCUT2D eigenvalue weighted by atomic mass is 10.2. The van der Waals surface area contributed by atoms with Gasteiger partial charge in [0, 0.05) is 26.2 Å². The molecule has 90 valence electrons. The summed E-state index contributed by atoms with van der Waals surface area (Å²) in [5.74, 6) is 0.554. The molecule has 16 heavy (non-hydrogen) atoms. The predicted molar refractivity (Wildman–Crippen MR) is 67.5 cm³/mol. The monoisotopic (exact) mass is 263 g/mol. The van der Waals surface area contributed by atoms with Crippen LogP contribution in [0.25, 0.3) is 0 Å². The summed E-state index contributed by atoms with van der Waals surface area (Å²) in [6, 6.07) is 3.21. The van der Waals surface area contributed by atoms with Crippen molar-refractivity contribution in [2.24, 2.45) is 0 Å². The van der Waals surface area contributed by atoms with Gasteiger partial charge >= 0.3 is 0 Å². The summed E-state index contributed by atoms with van der Waals surface area (Å²) in [7, 11) is 1.65. The van der Waals surface area contributed by atoms with Gasteiger partial charge in [-0.1, -0.05) is 23.2 Å². The number of benzene rings is 1. The average Bonchev–Trinajstić information content (AvgIpc) is 2.23. The fraction of sp³-hybridized carbons (Fsp3) is 0.455. The van der Waals surface area contributed by atoms with E-state index in [4.69, 9.17) is 38.4 Å². The van der Waals surface area contributed by atoms with Gasteiger partial charge in [-0.15, -0.1) is 0 Å². The van der Waals surface area contributed by atoms with E-state index in [0.29, 0.717) is 28.1 Å². The first-order valence-corrected chi connectivity index (χ1v) is 5.70. The molecule has 1 atom stereocenters. The third-order valence-electron chi connectivity index (χ3n) is 2.11. The first kappa shape index (κ1) is 13.4. The second-order valence-electron chi connectivity index (χ2n) is 3.51. The number of halogens is 2. The highest BCUT2D eigenvalue weighted by atomic mass is 35.5. The molecule has 0 aliphatic heterocycles. The van der Waals surface area contributed by atoms with Crippen molar-refractivity contribution in [2.75, 3.05) is 19.5 Å². The fourth-order valence-corrected chi connectivity index (χ4v) is 1.53. The number of hydrogen-bond acceptors (Lipinski definition) is 3. The molecular formula is C11H15Cl2NO2. The van der Waals surface area contributed by atoms with Crippen LogP contribution in [0.2, 0.25) is 10.0 Å². The molecule has 1 unspecified atom stereocenters. The highest BCUT2D eigenvalue weighted by Crippen LogP contribution is 2.33. The van der Waals surface area contributed by atoms with Gasteiger partial charge in [0.15, 0.2) is 0 Å². The van der Waals surface area contributed by atoms with E-state index in [1.165, 1.54) is 0 Å². The van der Waals surface area contributed by atoms with Crippen molar-refractivity contribution >= 4 is 28.9 Å². The van der Waals surface area contributed by atoms with Gasteiger partial charge in [-0.2, -0.15) is 0 Å². The minimum Gasteiger partial charge on any atom is -0.488 e. The first-order valence-electron chi connectivity index (χ1n) is 4.94. The smallest absolute Gasteiger partial charge is 0.144 e. The Hall–Kier alpha value is -0.640. The van der Waals surface area contributed by atoms with Crippen LogP contribution in [0, 0.1) is 0 Å². The zero-order chi connectivity index (χ0) is 12.1. The van der Waals surface area contributed by atoms with Gasteiger partial charge in [-0.25, -0.2) is 0 Å². The number of ether oxygens (including phenoxy) is 2. The van der Waals surface area contributed by atoms with Crippen LogP contribution >= 0.6 is 23.2 Å². The maximum absolute atomic E-state index is 5.88. The summed E-state index contributed by atoms with van der Waals surface area (Å²) in [5.41, 5.74) is 6.25. The predicted octanol–water partition coefficient (Wildman–Crippen LogP) is 3.38. The molecular weight excluding hydrogens is 249 g/mol. The van der Waals surface area contributed by atoms with E-state index in [9.17, 15) is 0 Å². The molecule has 1 aromatic carbocycles. The molecule has 0 bridgehead atoms. The van der Waals surface area contributed by atoms with Crippen LogP contribution < -0.4 is 10.5 Å². The Bertz CT molecular complexity index is 358. The van der Waals surface area contributed by atoms with Crippen LogP contribution in [0.5, 0.6) is 5.75 Å². The van der Waals surface area contributed by atoms with Gasteiger partial charge in [0.25, 0.3) is 0 Å². The van der Waals surface area contributed by atoms with Crippen molar-refractivity contribution in [2.45, 2.75) is 19.4 Å². The van der Waals surface area contributed by atoms with E-state index in [0.717, 1.165) is 6.42 Å². The number of nitrogens with two attached hydrogens (primary N) is 1. The molecule has 3 nitrogen and oxygen atoms in total. The summed E-state index contributed by atoms with van der Waals surface area (Å²) in [5, 5.41) is 0.862. The van der Waals surface area contributed by atoms with Crippen LogP contribution in [0.15, 0.2) is 12.1 Å². The Morgan fingerprint density at radius 2 is 1.94 bits per heavy atom. The number of rotatable bonds is 5. The van der Waals surface area contributed by atoms with E-state index in [-0.39, 0.29) is 6.10 Å². The highest BCUT2D eigenvalue weighted by molar-refractivity contribution is 6.42. The molecule has 0 spiro atoms. The van der Waals surface area contributed by atoms with Crippen molar-refractivity contribution in [1.82, 2.24) is 0 Å². The number of nitrogen functional groups attached to an aromatic ring is 1. The Morgan fingerprint density at radius 3 is 2.56 bits per heavy atom. The lowest BCUT2D eigenvalue weighted by Crippen LogP contribution is -2.15. The molecule has 0 aliphatic rings. The Balaban J connectivity index is 2.69. The van der Waals surface area contributed by atoms with E-state index in [1.807, 2.05) is 6.92 Å². The fourth-order valence-electron chi connectivity index (χ4n) is 1.21. The van der Waals surface area contributed by atoms with Gasteiger partial charge in [0.1, 0.15) is 5.75 Å². The summed E-state index contributed by atoms with van der Waals surface area (Å²) in [4.78, 5) is 0. The van der Waals surface area contributed by atoms with E-state index in [2.05, 4.69) is 0 Å². The molecule has 0 radical (unpaired) electrons. The summed E-state index contributed by atoms with van der Waals surface area (Å²) < 4.78 is 10.6. The molecule has 0 saturated carbocycles. The van der Waals surface area contributed by atoms with Crippen LogP contribution in [0.1, 0.15) is 13.3 Å². The summed E-state index contributed by atoms with van der Waals surface area (Å²) >= 11 is 11.7. The van der Waals surface area contributed by atoms with Crippen LogP contribution in [0.4, 0.5) is 5.69 Å². The number of methoxy groups -OCH3 is 1.